The number of carbonyl (C=O) groups is 1. The predicted molar refractivity (Wildman–Crippen MR) is 111 cm³/mol. The molecule has 0 unspecified atom stereocenters. The fourth-order valence-electron chi connectivity index (χ4n) is 3.10. The summed E-state index contributed by atoms with van der Waals surface area (Å²) in [6, 6.07) is 14.6. The fourth-order valence-corrected chi connectivity index (χ4v) is 3.10. The van der Waals surface area contributed by atoms with Crippen molar-refractivity contribution >= 4 is 11.6 Å². The Labute approximate surface area is 174 Å². The molecule has 1 amide bonds. The van der Waals surface area contributed by atoms with Crippen LogP contribution < -0.4 is 24.3 Å². The first-order chi connectivity index (χ1) is 14.7. The van der Waals surface area contributed by atoms with Gasteiger partial charge in [-0.25, -0.2) is 0 Å². The van der Waals surface area contributed by atoms with E-state index in [1.807, 2.05) is 30.3 Å². The van der Waals surface area contributed by atoms with Crippen molar-refractivity contribution in [2.75, 3.05) is 25.6 Å². The van der Waals surface area contributed by atoms with Gasteiger partial charge in [0, 0.05) is 29.7 Å². The lowest BCUT2D eigenvalue weighted by atomic mass is 10.1. The highest BCUT2D eigenvalue weighted by atomic mass is 16.6. The van der Waals surface area contributed by atoms with Gasteiger partial charge < -0.3 is 24.3 Å². The molecule has 7 nitrogen and oxygen atoms in total. The second-order valence-corrected chi connectivity index (χ2v) is 6.72. The number of ether oxygens (including phenoxy) is 4. The summed E-state index contributed by atoms with van der Waals surface area (Å²) in [6.45, 7) is 1.39. The molecule has 154 valence electrons. The second-order valence-electron chi connectivity index (χ2n) is 6.72. The second kappa shape index (κ2) is 9.17. The summed E-state index contributed by atoms with van der Waals surface area (Å²) in [7, 11) is 1.58. The molecule has 0 aliphatic carbocycles. The number of hydrogen-bond donors (Lipinski definition) is 1. The summed E-state index contributed by atoms with van der Waals surface area (Å²) < 4.78 is 22.3. The van der Waals surface area contributed by atoms with E-state index >= 15 is 0 Å². The Hall–Kier alpha value is -3.74. The first kappa shape index (κ1) is 19.6. The SMILES string of the molecule is COc1ccc(NC(=O)Cc2ccc3c(c2)OCCO3)cc1OCc1cccnc1. The Balaban J connectivity index is 1.41. The van der Waals surface area contributed by atoms with Gasteiger partial charge in [-0.3, -0.25) is 9.78 Å². The van der Waals surface area contributed by atoms with E-state index in [4.69, 9.17) is 18.9 Å². The number of amides is 1. The molecular formula is C23H22N2O5. The maximum Gasteiger partial charge on any atom is 0.228 e. The molecule has 1 aromatic heterocycles. The Morgan fingerprint density at radius 1 is 1.03 bits per heavy atom. The van der Waals surface area contributed by atoms with Crippen molar-refractivity contribution in [1.29, 1.82) is 0 Å². The maximum atomic E-state index is 12.5. The van der Waals surface area contributed by atoms with Gasteiger partial charge in [-0.2, -0.15) is 0 Å². The van der Waals surface area contributed by atoms with Crippen LogP contribution in [0.25, 0.3) is 0 Å². The summed E-state index contributed by atoms with van der Waals surface area (Å²) >= 11 is 0. The third-order valence-corrected chi connectivity index (χ3v) is 4.54. The monoisotopic (exact) mass is 406 g/mol. The zero-order valence-corrected chi connectivity index (χ0v) is 16.6. The Morgan fingerprint density at radius 3 is 2.70 bits per heavy atom. The van der Waals surface area contributed by atoms with E-state index in [0.29, 0.717) is 48.5 Å². The highest BCUT2D eigenvalue weighted by molar-refractivity contribution is 5.92. The smallest absolute Gasteiger partial charge is 0.228 e. The standard InChI is InChI=1S/C23H22N2O5/c1-27-19-7-5-18(13-22(19)30-15-17-3-2-8-24-14-17)25-23(26)12-16-4-6-20-21(11-16)29-10-9-28-20/h2-8,11,13-14H,9-10,12,15H2,1H3,(H,25,26). The van der Waals surface area contributed by atoms with Crippen LogP contribution in [0.2, 0.25) is 0 Å². The number of benzene rings is 2. The van der Waals surface area contributed by atoms with Crippen LogP contribution in [0.15, 0.2) is 60.9 Å². The minimum Gasteiger partial charge on any atom is -0.493 e. The number of nitrogens with zero attached hydrogens (tertiary/aromatic N) is 1. The molecule has 1 aliphatic rings. The van der Waals surface area contributed by atoms with Crippen LogP contribution >= 0.6 is 0 Å². The van der Waals surface area contributed by atoms with Crippen molar-refractivity contribution in [3.63, 3.8) is 0 Å². The molecule has 30 heavy (non-hydrogen) atoms. The van der Waals surface area contributed by atoms with E-state index in [1.165, 1.54) is 0 Å². The van der Waals surface area contributed by atoms with Gasteiger partial charge in [0.25, 0.3) is 0 Å². The zero-order chi connectivity index (χ0) is 20.8. The molecule has 2 heterocycles. The van der Waals surface area contributed by atoms with Crippen molar-refractivity contribution in [2.24, 2.45) is 0 Å². The van der Waals surface area contributed by atoms with Crippen molar-refractivity contribution in [3.8, 4) is 23.0 Å². The number of fused-ring (bicyclic) bond motifs is 1. The lowest BCUT2D eigenvalue weighted by Crippen LogP contribution is -2.17. The summed E-state index contributed by atoms with van der Waals surface area (Å²) in [5.74, 6) is 2.36. The van der Waals surface area contributed by atoms with Gasteiger partial charge >= 0.3 is 0 Å². The minimum atomic E-state index is -0.143. The van der Waals surface area contributed by atoms with Crippen molar-refractivity contribution in [2.45, 2.75) is 13.0 Å². The molecule has 0 bridgehead atoms. The van der Waals surface area contributed by atoms with Crippen molar-refractivity contribution < 1.29 is 23.7 Å². The van der Waals surface area contributed by atoms with Crippen LogP contribution in [0.1, 0.15) is 11.1 Å². The zero-order valence-electron chi connectivity index (χ0n) is 16.6. The summed E-state index contributed by atoms with van der Waals surface area (Å²) in [5.41, 5.74) is 2.41. The average molecular weight is 406 g/mol. The molecule has 7 heteroatoms. The van der Waals surface area contributed by atoms with Gasteiger partial charge in [-0.1, -0.05) is 12.1 Å². The third kappa shape index (κ3) is 4.81. The van der Waals surface area contributed by atoms with Gasteiger partial charge in [-0.05, 0) is 35.9 Å². The molecule has 0 fully saturated rings. The van der Waals surface area contributed by atoms with Gasteiger partial charge in [0.05, 0.1) is 13.5 Å². The third-order valence-electron chi connectivity index (χ3n) is 4.54. The number of methoxy groups -OCH3 is 1. The number of rotatable bonds is 7. The summed E-state index contributed by atoms with van der Waals surface area (Å²) in [5, 5.41) is 2.90. The number of aromatic nitrogens is 1. The Morgan fingerprint density at radius 2 is 1.90 bits per heavy atom. The molecule has 0 saturated heterocycles. The van der Waals surface area contributed by atoms with Crippen LogP contribution in [-0.2, 0) is 17.8 Å². The van der Waals surface area contributed by atoms with Gasteiger partial charge in [-0.15, -0.1) is 0 Å². The van der Waals surface area contributed by atoms with Crippen LogP contribution in [-0.4, -0.2) is 31.2 Å². The quantitative estimate of drug-likeness (QED) is 0.646. The predicted octanol–water partition coefficient (Wildman–Crippen LogP) is 3.62. The number of pyridine rings is 1. The van der Waals surface area contributed by atoms with E-state index in [0.717, 1.165) is 11.1 Å². The molecule has 0 radical (unpaired) electrons. The lowest BCUT2D eigenvalue weighted by molar-refractivity contribution is -0.115. The van der Waals surface area contributed by atoms with E-state index in [9.17, 15) is 4.79 Å². The molecular weight excluding hydrogens is 384 g/mol. The first-order valence-electron chi connectivity index (χ1n) is 9.59. The Bertz CT molecular complexity index is 1020. The van der Waals surface area contributed by atoms with Crippen molar-refractivity contribution in [3.05, 3.63) is 72.1 Å². The molecule has 2 aromatic carbocycles. The highest BCUT2D eigenvalue weighted by Gasteiger charge is 2.14. The minimum absolute atomic E-state index is 0.143. The summed E-state index contributed by atoms with van der Waals surface area (Å²) in [4.78, 5) is 16.6. The number of carbonyl (C=O) groups excluding carboxylic acids is 1. The normalized spacial score (nSPS) is 12.2. The van der Waals surface area contributed by atoms with E-state index in [1.54, 1.807) is 37.7 Å². The van der Waals surface area contributed by atoms with Gasteiger partial charge in [0.2, 0.25) is 5.91 Å². The molecule has 0 saturated carbocycles. The number of hydrogen-bond acceptors (Lipinski definition) is 6. The van der Waals surface area contributed by atoms with Gasteiger partial charge in [0.1, 0.15) is 19.8 Å². The van der Waals surface area contributed by atoms with E-state index in [2.05, 4.69) is 10.3 Å². The molecule has 3 aromatic rings. The lowest BCUT2D eigenvalue weighted by Gasteiger charge is -2.18. The molecule has 1 aliphatic heterocycles. The molecule has 1 N–H and O–H groups in total. The summed E-state index contributed by atoms with van der Waals surface area (Å²) in [6.07, 6.45) is 3.67. The molecule has 4 rings (SSSR count). The van der Waals surface area contributed by atoms with E-state index in [-0.39, 0.29) is 12.3 Å². The van der Waals surface area contributed by atoms with Crippen molar-refractivity contribution in [1.82, 2.24) is 4.98 Å². The highest BCUT2D eigenvalue weighted by Crippen LogP contribution is 2.32. The largest absolute Gasteiger partial charge is 0.493 e. The molecule has 0 atom stereocenters. The average Bonchev–Trinajstić information content (AvgIpc) is 2.78. The topological polar surface area (TPSA) is 78.9 Å². The first-order valence-corrected chi connectivity index (χ1v) is 9.59. The van der Waals surface area contributed by atoms with Gasteiger partial charge in [0.15, 0.2) is 23.0 Å². The van der Waals surface area contributed by atoms with E-state index < -0.39 is 0 Å². The maximum absolute atomic E-state index is 12.5. The van der Waals surface area contributed by atoms with Crippen LogP contribution in [0, 0.1) is 0 Å². The number of nitrogens with one attached hydrogen (secondary N) is 1. The Kier molecular flexibility index (Phi) is 5.98. The molecule has 0 spiro atoms. The van der Waals surface area contributed by atoms with Crippen LogP contribution in [0.5, 0.6) is 23.0 Å². The number of anilines is 1. The fraction of sp³-hybridized carbons (Fsp3) is 0.217. The van der Waals surface area contributed by atoms with Crippen LogP contribution in [0.3, 0.4) is 0 Å². The van der Waals surface area contributed by atoms with Crippen LogP contribution in [0.4, 0.5) is 5.69 Å².